The van der Waals surface area contributed by atoms with Gasteiger partial charge in [0.15, 0.2) is 0 Å². The lowest BCUT2D eigenvalue weighted by molar-refractivity contribution is 1.29. The zero-order valence-corrected chi connectivity index (χ0v) is 4.68. The first-order chi connectivity index (χ1) is 2.77. The normalized spacial score (nSPS) is 8.33. The van der Waals surface area contributed by atoms with E-state index < -0.39 is 0 Å². The second kappa shape index (κ2) is 3.44. The van der Waals surface area contributed by atoms with Crippen LogP contribution >= 0.6 is 23.2 Å². The number of halogens is 2. The van der Waals surface area contributed by atoms with Crippen molar-refractivity contribution in [2.75, 3.05) is 5.88 Å². The van der Waals surface area contributed by atoms with Gasteiger partial charge < -0.3 is 0 Å². The maximum Gasteiger partial charge on any atom is 0.0980 e. The van der Waals surface area contributed by atoms with Crippen molar-refractivity contribution in [3.05, 3.63) is 0 Å². The molecule has 0 aromatic heterocycles. The lowest BCUT2D eigenvalue weighted by atomic mass is 10.5. The van der Waals surface area contributed by atoms with Gasteiger partial charge in [-0.3, -0.25) is 5.41 Å². The van der Waals surface area contributed by atoms with Crippen LogP contribution in [0.3, 0.4) is 0 Å². The molecule has 0 aliphatic rings. The molecule has 1 N–H and O–H groups in total. The van der Waals surface area contributed by atoms with Gasteiger partial charge in [-0.15, -0.1) is 11.6 Å². The van der Waals surface area contributed by atoms with Gasteiger partial charge >= 0.3 is 0 Å². The quantitative estimate of drug-likeness (QED) is 0.431. The summed E-state index contributed by atoms with van der Waals surface area (Å²) in [6.07, 6.45) is 0.489. The van der Waals surface area contributed by atoms with Crippen LogP contribution in [0, 0.1) is 5.41 Å². The molecule has 6 heavy (non-hydrogen) atoms. The number of rotatable bonds is 2. The van der Waals surface area contributed by atoms with Gasteiger partial charge in [0.1, 0.15) is 0 Å². The Balaban J connectivity index is 2.83. The fourth-order valence-electron chi connectivity index (χ4n) is 0.0830. The molecule has 0 spiro atoms. The largest absolute Gasteiger partial charge is 0.293 e. The van der Waals surface area contributed by atoms with Crippen molar-refractivity contribution < 1.29 is 0 Å². The Kier molecular flexibility index (Phi) is 3.58. The van der Waals surface area contributed by atoms with E-state index in [0.717, 1.165) is 0 Å². The molecule has 0 bridgehead atoms. The van der Waals surface area contributed by atoms with Crippen LogP contribution in [0.25, 0.3) is 0 Å². The molecule has 0 amide bonds. The summed E-state index contributed by atoms with van der Waals surface area (Å²) in [6.45, 7) is 0. The number of hydrogen-bond acceptors (Lipinski definition) is 1. The van der Waals surface area contributed by atoms with Crippen molar-refractivity contribution in [3.8, 4) is 0 Å². The SMILES string of the molecule is N=C(Cl)CCCl. The summed E-state index contributed by atoms with van der Waals surface area (Å²) in [4.78, 5) is 0. The molecule has 0 unspecified atom stereocenters. The summed E-state index contributed by atoms with van der Waals surface area (Å²) >= 11 is 10.2. The maximum absolute atomic E-state index is 6.58. The van der Waals surface area contributed by atoms with E-state index in [0.29, 0.717) is 12.3 Å². The van der Waals surface area contributed by atoms with Crippen LogP contribution in [0.2, 0.25) is 0 Å². The van der Waals surface area contributed by atoms with Gasteiger partial charge in [0, 0.05) is 12.3 Å². The Morgan fingerprint density at radius 1 is 1.67 bits per heavy atom. The van der Waals surface area contributed by atoms with E-state index >= 15 is 0 Å². The predicted molar refractivity (Wildman–Crippen MR) is 28.9 cm³/mol. The first-order valence-corrected chi connectivity index (χ1v) is 2.47. The Hall–Kier alpha value is 0.250. The molecule has 0 atom stereocenters. The van der Waals surface area contributed by atoms with Crippen molar-refractivity contribution in [3.63, 3.8) is 0 Å². The number of alkyl halides is 1. The highest BCUT2D eigenvalue weighted by Gasteiger charge is 1.83. The van der Waals surface area contributed by atoms with E-state index in [2.05, 4.69) is 0 Å². The van der Waals surface area contributed by atoms with Gasteiger partial charge in [0.2, 0.25) is 0 Å². The smallest absolute Gasteiger partial charge is 0.0980 e. The van der Waals surface area contributed by atoms with Gasteiger partial charge in [-0.2, -0.15) is 0 Å². The van der Waals surface area contributed by atoms with Crippen LogP contribution in [0.4, 0.5) is 0 Å². The molecule has 0 saturated heterocycles. The highest BCUT2D eigenvalue weighted by Crippen LogP contribution is 1.89. The lowest BCUT2D eigenvalue weighted by Gasteiger charge is -1.80. The third-order valence-electron chi connectivity index (χ3n) is 0.314. The van der Waals surface area contributed by atoms with Crippen LogP contribution in [0.5, 0.6) is 0 Å². The van der Waals surface area contributed by atoms with Gasteiger partial charge in [0.25, 0.3) is 0 Å². The molecule has 36 valence electrons. The average Bonchev–Trinajstić information content (AvgIpc) is 1.35. The molecule has 0 aliphatic carbocycles. The zero-order chi connectivity index (χ0) is 4.99. The van der Waals surface area contributed by atoms with Crippen molar-refractivity contribution >= 4 is 28.4 Å². The summed E-state index contributed by atoms with van der Waals surface area (Å²) in [5.41, 5.74) is 0. The van der Waals surface area contributed by atoms with E-state index in [1.165, 1.54) is 0 Å². The fraction of sp³-hybridized carbons (Fsp3) is 0.667. The van der Waals surface area contributed by atoms with Crippen molar-refractivity contribution in [2.45, 2.75) is 6.42 Å². The highest BCUT2D eigenvalue weighted by atomic mass is 35.5. The van der Waals surface area contributed by atoms with E-state index in [4.69, 9.17) is 28.6 Å². The Bertz CT molecular complexity index is 52.8. The summed E-state index contributed by atoms with van der Waals surface area (Å²) in [6, 6.07) is 0. The second-order valence-corrected chi connectivity index (χ2v) is 1.68. The highest BCUT2D eigenvalue weighted by molar-refractivity contribution is 6.64. The molecule has 0 fully saturated rings. The molecule has 0 saturated carbocycles. The third-order valence-corrected chi connectivity index (χ3v) is 0.692. The molecule has 0 aromatic carbocycles. The summed E-state index contributed by atoms with van der Waals surface area (Å²) in [7, 11) is 0. The predicted octanol–water partition coefficient (Wildman–Crippen LogP) is 1.83. The fourth-order valence-corrected chi connectivity index (χ4v) is 0.463. The molecule has 0 rings (SSSR count). The topological polar surface area (TPSA) is 23.9 Å². The molecular weight excluding hydrogens is 121 g/mol. The van der Waals surface area contributed by atoms with Crippen LogP contribution in [-0.2, 0) is 0 Å². The lowest BCUT2D eigenvalue weighted by Crippen LogP contribution is -1.82. The van der Waals surface area contributed by atoms with Crippen molar-refractivity contribution in [1.29, 1.82) is 5.41 Å². The molecule has 0 aromatic rings. The van der Waals surface area contributed by atoms with Crippen LogP contribution in [0.15, 0.2) is 0 Å². The molecule has 0 aliphatic heterocycles. The van der Waals surface area contributed by atoms with Gasteiger partial charge in [-0.1, -0.05) is 11.6 Å². The Morgan fingerprint density at radius 2 is 2.17 bits per heavy atom. The van der Waals surface area contributed by atoms with E-state index in [1.807, 2.05) is 0 Å². The number of hydrogen-bond donors (Lipinski definition) is 1. The second-order valence-electron chi connectivity index (χ2n) is 0.844. The minimum absolute atomic E-state index is 0.130. The van der Waals surface area contributed by atoms with Crippen molar-refractivity contribution in [2.24, 2.45) is 0 Å². The van der Waals surface area contributed by atoms with Gasteiger partial charge in [-0.05, 0) is 0 Å². The molecule has 1 nitrogen and oxygen atoms in total. The van der Waals surface area contributed by atoms with Crippen LogP contribution in [0.1, 0.15) is 6.42 Å². The molecular formula is C3H5Cl2N. The monoisotopic (exact) mass is 125 g/mol. The van der Waals surface area contributed by atoms with E-state index in [9.17, 15) is 0 Å². The van der Waals surface area contributed by atoms with Gasteiger partial charge in [-0.25, -0.2) is 0 Å². The summed E-state index contributed by atoms with van der Waals surface area (Å²) in [5.74, 6) is 0.447. The molecule has 0 radical (unpaired) electrons. The number of nitrogens with one attached hydrogen (secondary N) is 1. The van der Waals surface area contributed by atoms with Crippen LogP contribution in [-0.4, -0.2) is 11.1 Å². The zero-order valence-electron chi connectivity index (χ0n) is 3.17. The van der Waals surface area contributed by atoms with Gasteiger partial charge in [0.05, 0.1) is 5.17 Å². The van der Waals surface area contributed by atoms with Crippen molar-refractivity contribution in [1.82, 2.24) is 0 Å². The Labute approximate surface area is 46.8 Å². The van der Waals surface area contributed by atoms with Crippen LogP contribution < -0.4 is 0 Å². The standard InChI is InChI=1S/C3H5Cl2N/c4-2-1-3(5)6/h6H,1-2H2. The molecule has 0 heterocycles. The average molecular weight is 126 g/mol. The Morgan fingerprint density at radius 3 is 2.17 bits per heavy atom. The summed E-state index contributed by atoms with van der Waals surface area (Å²) < 4.78 is 0. The van der Waals surface area contributed by atoms with E-state index in [1.54, 1.807) is 0 Å². The first kappa shape index (κ1) is 6.25. The minimum Gasteiger partial charge on any atom is -0.293 e. The van der Waals surface area contributed by atoms with E-state index in [-0.39, 0.29) is 5.17 Å². The summed E-state index contributed by atoms with van der Waals surface area (Å²) in [5, 5.41) is 6.70. The maximum atomic E-state index is 6.58. The third kappa shape index (κ3) is 4.25. The molecule has 3 heteroatoms. The first-order valence-electron chi connectivity index (χ1n) is 1.56. The minimum atomic E-state index is 0.130.